The lowest BCUT2D eigenvalue weighted by Gasteiger charge is -2.09. The molecule has 0 aliphatic carbocycles. The van der Waals surface area contributed by atoms with Crippen molar-refractivity contribution >= 4 is 11.3 Å². The van der Waals surface area contributed by atoms with Crippen LogP contribution in [-0.2, 0) is 13.0 Å². The summed E-state index contributed by atoms with van der Waals surface area (Å²) in [5.41, 5.74) is 2.36. The number of rotatable bonds is 7. The normalized spacial score (nSPS) is 10.7. The van der Waals surface area contributed by atoms with E-state index in [0.29, 0.717) is 0 Å². The maximum absolute atomic E-state index is 5.31. The average Bonchev–Trinajstić information content (AvgIpc) is 2.82. The van der Waals surface area contributed by atoms with Gasteiger partial charge in [0, 0.05) is 11.4 Å². The molecule has 0 amide bonds. The summed E-state index contributed by atoms with van der Waals surface area (Å²) < 4.78 is 10.6. The third-order valence-corrected chi connectivity index (χ3v) is 4.46. The van der Waals surface area contributed by atoms with Crippen LogP contribution < -0.4 is 14.8 Å². The van der Waals surface area contributed by atoms with Crippen molar-refractivity contribution < 1.29 is 9.47 Å². The largest absolute Gasteiger partial charge is 0.493 e. The van der Waals surface area contributed by atoms with E-state index in [9.17, 15) is 0 Å². The summed E-state index contributed by atoms with van der Waals surface area (Å²) in [6, 6.07) is 6.04. The van der Waals surface area contributed by atoms with E-state index in [-0.39, 0.29) is 0 Å². The molecule has 0 atom stereocenters. The SMILES string of the molecule is COc1ccc(CCNCc2nc(C)c(C)s2)cc1OC. The molecule has 114 valence electrons. The molecule has 0 aliphatic rings. The molecule has 1 aromatic heterocycles. The van der Waals surface area contributed by atoms with E-state index >= 15 is 0 Å². The molecule has 2 rings (SSSR count). The summed E-state index contributed by atoms with van der Waals surface area (Å²) in [6.45, 7) is 5.90. The maximum atomic E-state index is 5.31. The number of aryl methyl sites for hydroxylation is 2. The Morgan fingerprint density at radius 3 is 2.52 bits per heavy atom. The number of benzene rings is 1. The van der Waals surface area contributed by atoms with Crippen LogP contribution in [0.25, 0.3) is 0 Å². The van der Waals surface area contributed by atoms with Gasteiger partial charge < -0.3 is 14.8 Å². The number of nitrogens with zero attached hydrogens (tertiary/aromatic N) is 1. The predicted octanol–water partition coefficient (Wildman–Crippen LogP) is 3.11. The number of aromatic nitrogens is 1. The quantitative estimate of drug-likeness (QED) is 0.798. The molecular weight excluding hydrogens is 284 g/mol. The standard InChI is InChI=1S/C16H22N2O2S/c1-11-12(2)21-16(18-11)10-17-8-7-13-5-6-14(19-3)15(9-13)20-4/h5-6,9,17H,7-8,10H2,1-4H3. The van der Waals surface area contributed by atoms with E-state index in [1.807, 2.05) is 12.1 Å². The van der Waals surface area contributed by atoms with Gasteiger partial charge in [-0.15, -0.1) is 11.3 Å². The highest BCUT2D eigenvalue weighted by molar-refractivity contribution is 7.11. The second kappa shape index (κ2) is 7.43. The van der Waals surface area contributed by atoms with Crippen LogP contribution in [-0.4, -0.2) is 25.7 Å². The molecule has 1 aromatic carbocycles. The zero-order chi connectivity index (χ0) is 15.2. The number of thiazole rings is 1. The highest BCUT2D eigenvalue weighted by atomic mass is 32.1. The van der Waals surface area contributed by atoms with E-state index in [4.69, 9.17) is 9.47 Å². The molecule has 0 saturated heterocycles. The highest BCUT2D eigenvalue weighted by Crippen LogP contribution is 2.27. The van der Waals surface area contributed by atoms with Crippen molar-refractivity contribution in [2.75, 3.05) is 20.8 Å². The minimum atomic E-state index is 0.767. The molecule has 0 unspecified atom stereocenters. The Morgan fingerprint density at radius 2 is 1.90 bits per heavy atom. The van der Waals surface area contributed by atoms with Gasteiger partial charge in [0.25, 0.3) is 0 Å². The van der Waals surface area contributed by atoms with Crippen molar-refractivity contribution in [2.45, 2.75) is 26.8 Å². The van der Waals surface area contributed by atoms with Crippen molar-refractivity contribution in [1.29, 1.82) is 0 Å². The molecule has 4 nitrogen and oxygen atoms in total. The molecule has 0 aliphatic heterocycles. The van der Waals surface area contributed by atoms with Crippen LogP contribution in [0.4, 0.5) is 0 Å². The first kappa shape index (κ1) is 15.8. The number of methoxy groups -OCH3 is 2. The van der Waals surface area contributed by atoms with Gasteiger partial charge in [-0.3, -0.25) is 0 Å². The first-order valence-electron chi connectivity index (χ1n) is 6.98. The number of nitrogens with one attached hydrogen (secondary N) is 1. The van der Waals surface area contributed by atoms with Crippen molar-refractivity contribution in [3.63, 3.8) is 0 Å². The van der Waals surface area contributed by atoms with Crippen LogP contribution >= 0.6 is 11.3 Å². The van der Waals surface area contributed by atoms with E-state index < -0.39 is 0 Å². The fourth-order valence-electron chi connectivity index (χ4n) is 2.08. The lowest BCUT2D eigenvalue weighted by atomic mass is 10.1. The van der Waals surface area contributed by atoms with Crippen LogP contribution in [0.15, 0.2) is 18.2 Å². The lowest BCUT2D eigenvalue weighted by molar-refractivity contribution is 0.354. The molecule has 2 aromatic rings. The molecule has 0 fully saturated rings. The van der Waals surface area contributed by atoms with Crippen molar-refractivity contribution in [3.05, 3.63) is 39.3 Å². The smallest absolute Gasteiger partial charge is 0.160 e. The fraction of sp³-hybridized carbons (Fsp3) is 0.438. The summed E-state index contributed by atoms with van der Waals surface area (Å²) in [5.74, 6) is 1.55. The van der Waals surface area contributed by atoms with E-state index in [0.717, 1.165) is 41.7 Å². The number of hydrogen-bond donors (Lipinski definition) is 1. The molecule has 1 heterocycles. The molecule has 0 spiro atoms. The van der Waals surface area contributed by atoms with Crippen molar-refractivity contribution in [1.82, 2.24) is 10.3 Å². The first-order chi connectivity index (χ1) is 10.1. The number of hydrogen-bond acceptors (Lipinski definition) is 5. The topological polar surface area (TPSA) is 43.4 Å². The summed E-state index contributed by atoms with van der Waals surface area (Å²) in [7, 11) is 3.31. The van der Waals surface area contributed by atoms with Crippen LogP contribution in [0.3, 0.4) is 0 Å². The maximum Gasteiger partial charge on any atom is 0.160 e. The summed E-state index contributed by atoms with van der Waals surface area (Å²) in [4.78, 5) is 5.82. The molecular formula is C16H22N2O2S. The first-order valence-corrected chi connectivity index (χ1v) is 7.80. The Morgan fingerprint density at radius 1 is 1.14 bits per heavy atom. The molecule has 21 heavy (non-hydrogen) atoms. The van der Waals surface area contributed by atoms with Crippen LogP contribution in [0.5, 0.6) is 11.5 Å². The monoisotopic (exact) mass is 306 g/mol. The third kappa shape index (κ3) is 4.19. The van der Waals surface area contributed by atoms with Gasteiger partial charge in [-0.2, -0.15) is 0 Å². The van der Waals surface area contributed by atoms with Gasteiger partial charge in [0.05, 0.1) is 19.9 Å². The van der Waals surface area contributed by atoms with Gasteiger partial charge in [-0.1, -0.05) is 6.07 Å². The van der Waals surface area contributed by atoms with Gasteiger partial charge in [0.15, 0.2) is 11.5 Å². The summed E-state index contributed by atoms with van der Waals surface area (Å²) in [6.07, 6.45) is 0.948. The molecule has 1 N–H and O–H groups in total. The van der Waals surface area contributed by atoms with Gasteiger partial charge in [-0.05, 0) is 44.5 Å². The predicted molar refractivity (Wildman–Crippen MR) is 86.5 cm³/mol. The fourth-order valence-corrected chi connectivity index (χ4v) is 2.98. The highest BCUT2D eigenvalue weighted by Gasteiger charge is 2.05. The van der Waals surface area contributed by atoms with E-state index in [1.54, 1.807) is 25.6 Å². The van der Waals surface area contributed by atoms with Crippen LogP contribution in [0.1, 0.15) is 21.1 Å². The van der Waals surface area contributed by atoms with Crippen molar-refractivity contribution in [2.24, 2.45) is 0 Å². The second-order valence-electron chi connectivity index (χ2n) is 4.87. The minimum absolute atomic E-state index is 0.767. The molecule has 0 bridgehead atoms. The third-order valence-electron chi connectivity index (χ3n) is 3.39. The molecule has 0 saturated carbocycles. The Bertz CT molecular complexity index is 576. The van der Waals surface area contributed by atoms with Crippen molar-refractivity contribution in [3.8, 4) is 11.5 Å². The summed E-state index contributed by atoms with van der Waals surface area (Å²) >= 11 is 1.76. The minimum Gasteiger partial charge on any atom is -0.493 e. The lowest BCUT2D eigenvalue weighted by Crippen LogP contribution is -2.16. The second-order valence-corrected chi connectivity index (χ2v) is 6.15. The average molecular weight is 306 g/mol. The van der Waals surface area contributed by atoms with Gasteiger partial charge >= 0.3 is 0 Å². The molecule has 5 heteroatoms. The zero-order valence-corrected chi connectivity index (χ0v) is 13.8. The summed E-state index contributed by atoms with van der Waals surface area (Å²) in [5, 5.41) is 4.58. The Hall–Kier alpha value is -1.59. The van der Waals surface area contributed by atoms with E-state index in [2.05, 4.69) is 30.2 Å². The van der Waals surface area contributed by atoms with Gasteiger partial charge in [0.2, 0.25) is 0 Å². The van der Waals surface area contributed by atoms with Crippen LogP contribution in [0.2, 0.25) is 0 Å². The number of ether oxygens (including phenoxy) is 2. The Kier molecular flexibility index (Phi) is 5.59. The zero-order valence-electron chi connectivity index (χ0n) is 13.0. The van der Waals surface area contributed by atoms with Gasteiger partial charge in [0.1, 0.15) is 5.01 Å². The Balaban J connectivity index is 1.83. The Labute approximate surface area is 130 Å². The van der Waals surface area contributed by atoms with E-state index in [1.165, 1.54) is 10.4 Å². The van der Waals surface area contributed by atoms with Gasteiger partial charge in [-0.25, -0.2) is 4.98 Å². The molecule has 0 radical (unpaired) electrons. The van der Waals surface area contributed by atoms with Crippen LogP contribution in [0, 0.1) is 13.8 Å².